The van der Waals surface area contributed by atoms with Crippen molar-refractivity contribution in [2.75, 3.05) is 20.6 Å². The second kappa shape index (κ2) is 12.1. The average Bonchev–Trinajstić information content (AvgIpc) is 3.42. The van der Waals surface area contributed by atoms with Crippen LogP contribution in [0.4, 0.5) is 0 Å². The van der Waals surface area contributed by atoms with E-state index in [4.69, 9.17) is 0 Å². The number of carboxylic acids is 2. The van der Waals surface area contributed by atoms with E-state index in [9.17, 15) is 24.6 Å². The van der Waals surface area contributed by atoms with Crippen molar-refractivity contribution in [2.24, 2.45) is 56.7 Å². The summed E-state index contributed by atoms with van der Waals surface area (Å²) in [4.78, 5) is 40.1. The first-order valence-corrected chi connectivity index (χ1v) is 18.7. The molecule has 0 radical (unpaired) electrons. The van der Waals surface area contributed by atoms with Gasteiger partial charge >= 0.3 is 11.9 Å². The number of rotatable bonds is 8. The fraction of sp³-hybridized carbons (Fsp3) is 0.690. The van der Waals surface area contributed by atoms with Crippen LogP contribution in [0.3, 0.4) is 0 Å². The minimum absolute atomic E-state index is 0.0522. The zero-order chi connectivity index (χ0) is 35.9. The van der Waals surface area contributed by atoms with Crippen molar-refractivity contribution in [3.8, 4) is 0 Å². The Morgan fingerprint density at radius 3 is 2.16 bits per heavy atom. The normalized spacial score (nSPS) is 39.8. The molecule has 0 aliphatic heterocycles. The molecule has 1 aromatic carbocycles. The molecule has 49 heavy (non-hydrogen) atoms. The van der Waals surface area contributed by atoms with E-state index in [1.165, 1.54) is 5.57 Å². The number of hydrogen-bond donors (Lipinski definition) is 3. The molecule has 0 bridgehead atoms. The topological polar surface area (TPSA) is 107 Å². The van der Waals surface area contributed by atoms with Crippen LogP contribution >= 0.6 is 0 Å². The molecule has 4 fully saturated rings. The van der Waals surface area contributed by atoms with Crippen LogP contribution in [0.2, 0.25) is 0 Å². The predicted molar refractivity (Wildman–Crippen MR) is 194 cm³/mol. The lowest BCUT2D eigenvalue weighted by Crippen LogP contribution is -2.66. The lowest BCUT2D eigenvalue weighted by molar-refractivity contribution is -0.225. The molecule has 7 nitrogen and oxygen atoms in total. The molecule has 10 atom stereocenters. The number of aliphatic carboxylic acids is 1. The first kappa shape index (κ1) is 35.9. The molecule has 268 valence electrons. The molecule has 0 spiro atoms. The standard InChI is InChI=1S/C42H60N2O5/c1-25(2)28-16-21-42(37(49)43-31(36(47)48)24-44(8)9)23-22-40(6)30(34(28)42)14-15-33-39(5)19-17-29(26-10-12-27(13-11-26)35(45)46)38(3,4)32(39)18-20-41(33,40)7/h10-13,17,28,30-34H,1,14-16,18-24H2,2-9H3,(H,43,49)(H,45,46)(H,47,48)/t28-,30+,31?,32-,33+,34+,39-,40+,41+,42-/m0/s1. The van der Waals surface area contributed by atoms with Gasteiger partial charge in [-0.15, -0.1) is 0 Å². The molecule has 5 aliphatic rings. The lowest BCUT2D eigenvalue weighted by atomic mass is 9.32. The summed E-state index contributed by atoms with van der Waals surface area (Å²) in [6.45, 7) is 19.4. The number of amides is 1. The number of fused-ring (bicyclic) bond motifs is 7. The van der Waals surface area contributed by atoms with E-state index < -0.39 is 23.4 Å². The van der Waals surface area contributed by atoms with Crippen LogP contribution in [0.25, 0.3) is 5.57 Å². The van der Waals surface area contributed by atoms with Crippen molar-refractivity contribution in [2.45, 2.75) is 105 Å². The zero-order valence-electron chi connectivity index (χ0n) is 31.2. The summed E-state index contributed by atoms with van der Waals surface area (Å²) in [7, 11) is 3.69. The molecule has 0 saturated heterocycles. The maximum atomic E-state index is 14.5. The molecule has 1 unspecified atom stereocenters. The van der Waals surface area contributed by atoms with Crippen molar-refractivity contribution in [1.29, 1.82) is 0 Å². The molecule has 1 amide bonds. The monoisotopic (exact) mass is 672 g/mol. The Balaban J connectivity index is 1.34. The summed E-state index contributed by atoms with van der Waals surface area (Å²) >= 11 is 0. The van der Waals surface area contributed by atoms with Gasteiger partial charge < -0.3 is 20.4 Å². The largest absolute Gasteiger partial charge is 0.480 e. The van der Waals surface area contributed by atoms with Gasteiger partial charge in [0.15, 0.2) is 0 Å². The molecule has 4 saturated carbocycles. The van der Waals surface area contributed by atoms with Crippen molar-refractivity contribution >= 4 is 23.4 Å². The van der Waals surface area contributed by atoms with Gasteiger partial charge in [-0.25, -0.2) is 9.59 Å². The molecule has 0 heterocycles. The molecular formula is C42H60N2O5. The van der Waals surface area contributed by atoms with Gasteiger partial charge in [0.25, 0.3) is 0 Å². The van der Waals surface area contributed by atoms with Crippen LogP contribution in [0.1, 0.15) is 115 Å². The van der Waals surface area contributed by atoms with Crippen LogP contribution in [0, 0.1) is 56.7 Å². The number of likely N-dealkylation sites (N-methyl/N-ethyl adjacent to an activating group) is 1. The van der Waals surface area contributed by atoms with E-state index in [0.717, 1.165) is 68.9 Å². The van der Waals surface area contributed by atoms with Crippen LogP contribution in [-0.2, 0) is 9.59 Å². The van der Waals surface area contributed by atoms with Gasteiger partial charge in [-0.3, -0.25) is 4.79 Å². The van der Waals surface area contributed by atoms with E-state index in [1.54, 1.807) is 12.1 Å². The second-order valence-corrected chi connectivity index (χ2v) is 18.4. The summed E-state index contributed by atoms with van der Waals surface area (Å²) < 4.78 is 0. The van der Waals surface area contributed by atoms with Gasteiger partial charge in [-0.1, -0.05) is 65.0 Å². The molecule has 1 aromatic rings. The molecule has 6 rings (SSSR count). The van der Waals surface area contributed by atoms with Crippen LogP contribution in [0.5, 0.6) is 0 Å². The molecule has 0 aromatic heterocycles. The summed E-state index contributed by atoms with van der Waals surface area (Å²) in [5.74, 6) is -0.0517. The highest BCUT2D eigenvalue weighted by atomic mass is 16.4. The van der Waals surface area contributed by atoms with Crippen LogP contribution in [0.15, 0.2) is 42.5 Å². The van der Waals surface area contributed by atoms with Gasteiger partial charge in [-0.2, -0.15) is 0 Å². The zero-order valence-corrected chi connectivity index (χ0v) is 31.2. The molecule has 7 heteroatoms. The number of carboxylic acid groups (broad SMARTS) is 2. The highest BCUT2D eigenvalue weighted by Crippen LogP contribution is 2.77. The minimum Gasteiger partial charge on any atom is -0.480 e. The Morgan fingerprint density at radius 2 is 1.57 bits per heavy atom. The number of nitrogens with zero attached hydrogens (tertiary/aromatic N) is 1. The fourth-order valence-corrected chi connectivity index (χ4v) is 13.3. The van der Waals surface area contributed by atoms with Crippen LogP contribution < -0.4 is 5.32 Å². The van der Waals surface area contributed by atoms with Crippen molar-refractivity contribution < 1.29 is 24.6 Å². The van der Waals surface area contributed by atoms with Gasteiger partial charge in [0, 0.05) is 6.54 Å². The van der Waals surface area contributed by atoms with E-state index in [-0.39, 0.29) is 45.9 Å². The van der Waals surface area contributed by atoms with E-state index in [1.807, 2.05) is 31.1 Å². The van der Waals surface area contributed by atoms with Gasteiger partial charge in [-0.05, 0) is 153 Å². The predicted octanol–water partition coefficient (Wildman–Crippen LogP) is 8.17. The van der Waals surface area contributed by atoms with E-state index in [0.29, 0.717) is 23.3 Å². The highest BCUT2D eigenvalue weighted by Gasteiger charge is 2.71. The van der Waals surface area contributed by atoms with Crippen molar-refractivity contribution in [3.05, 3.63) is 53.6 Å². The van der Waals surface area contributed by atoms with E-state index >= 15 is 0 Å². The summed E-state index contributed by atoms with van der Waals surface area (Å²) in [5, 5.41) is 22.5. The van der Waals surface area contributed by atoms with Crippen LogP contribution in [-0.4, -0.2) is 59.6 Å². The molecule has 3 N–H and O–H groups in total. The average molecular weight is 673 g/mol. The molecular weight excluding hydrogens is 612 g/mol. The number of benzene rings is 1. The number of nitrogens with one attached hydrogen (secondary N) is 1. The first-order chi connectivity index (χ1) is 22.8. The number of allylic oxidation sites excluding steroid dienone is 3. The maximum Gasteiger partial charge on any atom is 0.335 e. The Hall–Kier alpha value is -2.93. The summed E-state index contributed by atoms with van der Waals surface area (Å²) in [5.41, 5.74) is 3.65. The lowest BCUT2D eigenvalue weighted by Gasteiger charge is -2.72. The second-order valence-electron chi connectivity index (χ2n) is 18.4. The third-order valence-electron chi connectivity index (χ3n) is 15.7. The third kappa shape index (κ3) is 5.26. The Labute approximate surface area is 294 Å². The Morgan fingerprint density at radius 1 is 0.898 bits per heavy atom. The quantitative estimate of drug-likeness (QED) is 0.241. The van der Waals surface area contributed by atoms with Gasteiger partial charge in [0.1, 0.15) is 6.04 Å². The molecule has 5 aliphatic carbocycles. The summed E-state index contributed by atoms with van der Waals surface area (Å²) in [6, 6.07) is 6.51. The number of carbonyl (C=O) groups is 3. The SMILES string of the molecule is C=C(C)[C@@H]1CC[C@]2(C(=O)NC(CN(C)C)C(=O)O)CC[C@]3(C)[C@H](CC[C@@H]4[C@@]5(C)CC=C(c6ccc(C(=O)O)cc6)C(C)(C)[C@@H]5CC[C@]43C)[C@@H]12. The minimum atomic E-state index is -0.979. The number of carbonyl (C=O) groups excluding carboxylic acids is 1. The van der Waals surface area contributed by atoms with Gasteiger partial charge in [0.2, 0.25) is 5.91 Å². The first-order valence-electron chi connectivity index (χ1n) is 18.7. The third-order valence-corrected chi connectivity index (χ3v) is 15.7. The fourth-order valence-electron chi connectivity index (χ4n) is 13.3. The van der Waals surface area contributed by atoms with Crippen molar-refractivity contribution in [1.82, 2.24) is 10.2 Å². The van der Waals surface area contributed by atoms with E-state index in [2.05, 4.69) is 59.5 Å². The highest BCUT2D eigenvalue weighted by molar-refractivity contribution is 5.89. The summed E-state index contributed by atoms with van der Waals surface area (Å²) in [6.07, 6.45) is 11.6. The van der Waals surface area contributed by atoms with Crippen molar-refractivity contribution in [3.63, 3.8) is 0 Å². The van der Waals surface area contributed by atoms with Gasteiger partial charge in [0.05, 0.1) is 11.0 Å². The Bertz CT molecular complexity index is 1560. The smallest absolute Gasteiger partial charge is 0.335 e. The number of aromatic carboxylic acids is 1. The number of hydrogen-bond acceptors (Lipinski definition) is 4. The Kier molecular flexibility index (Phi) is 8.86. The maximum absolute atomic E-state index is 14.5.